The summed E-state index contributed by atoms with van der Waals surface area (Å²) in [5.41, 5.74) is 4.02. The van der Waals surface area contributed by atoms with Gasteiger partial charge >= 0.3 is 0 Å². The van der Waals surface area contributed by atoms with Crippen molar-refractivity contribution in [3.05, 3.63) is 113 Å². The lowest BCUT2D eigenvalue weighted by molar-refractivity contribution is 0.101. The minimum absolute atomic E-state index is 0.234. The second-order valence-corrected chi connectivity index (χ2v) is 10.1. The number of ether oxygens (including phenoxy) is 1. The zero-order valence-corrected chi connectivity index (χ0v) is 22.3. The van der Waals surface area contributed by atoms with E-state index in [2.05, 4.69) is 26.7 Å². The van der Waals surface area contributed by atoms with Crippen LogP contribution in [0.1, 0.15) is 64.0 Å². The fourth-order valence-corrected chi connectivity index (χ4v) is 3.76. The molecule has 8 nitrogen and oxygen atoms in total. The summed E-state index contributed by atoms with van der Waals surface area (Å²) in [5, 5.41) is 15.1. The lowest BCUT2D eigenvalue weighted by Gasteiger charge is -2.20. The molecule has 0 saturated heterocycles. The molecule has 2 amide bonds. The summed E-state index contributed by atoms with van der Waals surface area (Å²) >= 11 is 0. The number of carbonyl (C=O) groups is 2. The fourth-order valence-electron chi connectivity index (χ4n) is 3.76. The molecule has 0 saturated carbocycles. The summed E-state index contributed by atoms with van der Waals surface area (Å²) in [7, 11) is 0. The molecule has 39 heavy (non-hydrogen) atoms. The van der Waals surface area contributed by atoms with Gasteiger partial charge in [0, 0.05) is 17.4 Å². The van der Waals surface area contributed by atoms with Crippen molar-refractivity contribution in [3.8, 4) is 11.8 Å². The first kappa shape index (κ1) is 27.0. The highest BCUT2D eigenvalue weighted by Crippen LogP contribution is 2.25. The van der Waals surface area contributed by atoms with Gasteiger partial charge in [-0.05, 0) is 78.6 Å². The molecule has 196 valence electrons. The zero-order valence-electron chi connectivity index (χ0n) is 22.3. The number of nitrogens with one attached hydrogen (secondary N) is 2. The van der Waals surface area contributed by atoms with E-state index < -0.39 is 5.91 Å². The molecule has 0 fully saturated rings. The summed E-state index contributed by atoms with van der Waals surface area (Å²) in [5.74, 6) is -0.105. The number of nitrogens with zero attached hydrogens (tertiary/aromatic N) is 3. The predicted molar refractivity (Wildman–Crippen MR) is 150 cm³/mol. The highest BCUT2D eigenvalue weighted by Gasteiger charge is 2.19. The van der Waals surface area contributed by atoms with Crippen LogP contribution in [-0.4, -0.2) is 21.8 Å². The van der Waals surface area contributed by atoms with Crippen molar-refractivity contribution in [3.63, 3.8) is 0 Å². The third kappa shape index (κ3) is 7.05. The van der Waals surface area contributed by atoms with E-state index in [0.717, 1.165) is 11.3 Å². The molecule has 0 unspecified atom stereocenters. The van der Waals surface area contributed by atoms with Crippen molar-refractivity contribution < 1.29 is 14.3 Å². The Balaban J connectivity index is 1.44. The van der Waals surface area contributed by atoms with Gasteiger partial charge in [-0.15, -0.1) is 0 Å². The van der Waals surface area contributed by atoms with E-state index in [1.807, 2.05) is 39.0 Å². The maximum Gasteiger partial charge on any atom is 0.257 e. The molecule has 2 heterocycles. The molecule has 0 radical (unpaired) electrons. The highest BCUT2D eigenvalue weighted by atomic mass is 16.5. The molecule has 0 bridgehead atoms. The lowest BCUT2D eigenvalue weighted by atomic mass is 9.85. The summed E-state index contributed by atoms with van der Waals surface area (Å²) in [6, 6.07) is 21.4. The maximum absolute atomic E-state index is 13.0. The number of benzene rings is 2. The second-order valence-electron chi connectivity index (χ2n) is 10.1. The Kier molecular flexibility index (Phi) is 8.01. The second kappa shape index (κ2) is 11.6. The monoisotopic (exact) mass is 519 g/mol. The van der Waals surface area contributed by atoms with Crippen LogP contribution >= 0.6 is 0 Å². The molecule has 2 aromatic heterocycles. The number of rotatable bonds is 7. The first-order valence-corrected chi connectivity index (χ1v) is 12.4. The zero-order chi connectivity index (χ0) is 28.0. The van der Waals surface area contributed by atoms with Gasteiger partial charge in [-0.25, -0.2) is 0 Å². The van der Waals surface area contributed by atoms with Crippen molar-refractivity contribution >= 4 is 23.2 Å². The van der Waals surface area contributed by atoms with Crippen molar-refractivity contribution in [2.75, 3.05) is 10.6 Å². The van der Waals surface area contributed by atoms with Gasteiger partial charge in [0.05, 0.1) is 40.5 Å². The van der Waals surface area contributed by atoms with Gasteiger partial charge in [-0.2, -0.15) is 5.26 Å². The van der Waals surface area contributed by atoms with E-state index in [1.54, 1.807) is 61.7 Å². The van der Waals surface area contributed by atoms with Crippen molar-refractivity contribution in [2.45, 2.75) is 39.7 Å². The summed E-state index contributed by atoms with van der Waals surface area (Å²) in [6.45, 7) is 8.11. The van der Waals surface area contributed by atoms with Gasteiger partial charge in [0.1, 0.15) is 12.4 Å². The highest BCUT2D eigenvalue weighted by molar-refractivity contribution is 6.08. The molecular formula is C31H29N5O3. The summed E-state index contributed by atoms with van der Waals surface area (Å²) < 4.78 is 5.74. The van der Waals surface area contributed by atoms with Crippen LogP contribution in [0.25, 0.3) is 0 Å². The fraction of sp³-hybridized carbons (Fsp3) is 0.194. The molecule has 0 aliphatic carbocycles. The number of hydrogen-bond acceptors (Lipinski definition) is 6. The van der Waals surface area contributed by atoms with Gasteiger partial charge in [0.15, 0.2) is 0 Å². The predicted octanol–water partition coefficient (Wildman–Crippen LogP) is 6.04. The quantitative estimate of drug-likeness (QED) is 0.308. The van der Waals surface area contributed by atoms with Crippen molar-refractivity contribution in [1.29, 1.82) is 5.26 Å². The normalized spacial score (nSPS) is 10.8. The third-order valence-electron chi connectivity index (χ3n) is 6.00. The molecule has 0 spiro atoms. The van der Waals surface area contributed by atoms with Crippen LogP contribution in [-0.2, 0) is 12.0 Å². The molecule has 0 atom stereocenters. The van der Waals surface area contributed by atoms with Crippen LogP contribution in [0.15, 0.2) is 79.1 Å². The molecular weight excluding hydrogens is 490 g/mol. The van der Waals surface area contributed by atoms with Crippen LogP contribution in [0.4, 0.5) is 11.4 Å². The first-order valence-electron chi connectivity index (χ1n) is 12.4. The number of amides is 2. The third-order valence-corrected chi connectivity index (χ3v) is 6.00. The maximum atomic E-state index is 13.0. The van der Waals surface area contributed by atoms with Crippen molar-refractivity contribution in [1.82, 2.24) is 9.97 Å². The van der Waals surface area contributed by atoms with Gasteiger partial charge in [-0.1, -0.05) is 26.8 Å². The van der Waals surface area contributed by atoms with Gasteiger partial charge < -0.3 is 15.4 Å². The SMILES string of the molecule is Cc1ncc(NC(=O)c2cc(C#N)cc(C(C)(C)C)c2)cc1C(=O)Nc1ccc(OCc2ccccn2)cc1. The molecule has 4 rings (SSSR count). The Bertz CT molecular complexity index is 1540. The van der Waals surface area contributed by atoms with Crippen LogP contribution < -0.4 is 15.4 Å². The number of pyridine rings is 2. The number of carbonyl (C=O) groups excluding carboxylic acids is 2. The Labute approximate surface area is 227 Å². The minimum atomic E-state index is -0.393. The smallest absolute Gasteiger partial charge is 0.257 e. The largest absolute Gasteiger partial charge is 0.487 e. The van der Waals surface area contributed by atoms with E-state index >= 15 is 0 Å². The average molecular weight is 520 g/mol. The molecule has 0 aliphatic heterocycles. The van der Waals surface area contributed by atoms with Crippen LogP contribution in [0, 0.1) is 18.3 Å². The molecule has 2 N–H and O–H groups in total. The van der Waals surface area contributed by atoms with Gasteiger partial charge in [0.2, 0.25) is 0 Å². The Morgan fingerprint density at radius 1 is 0.923 bits per heavy atom. The number of nitriles is 1. The molecule has 4 aromatic rings. The van der Waals surface area contributed by atoms with Gasteiger partial charge in [-0.3, -0.25) is 19.6 Å². The summed E-state index contributed by atoms with van der Waals surface area (Å²) in [6.07, 6.45) is 3.21. The number of hydrogen-bond donors (Lipinski definition) is 2. The average Bonchev–Trinajstić information content (AvgIpc) is 2.93. The van der Waals surface area contributed by atoms with E-state index in [0.29, 0.717) is 46.1 Å². The van der Waals surface area contributed by atoms with Crippen LogP contribution in [0.2, 0.25) is 0 Å². The number of anilines is 2. The first-order chi connectivity index (χ1) is 18.6. The van der Waals surface area contributed by atoms with Crippen LogP contribution in [0.3, 0.4) is 0 Å². The van der Waals surface area contributed by atoms with E-state index in [9.17, 15) is 14.9 Å². The molecule has 0 aliphatic rings. The Morgan fingerprint density at radius 3 is 2.33 bits per heavy atom. The van der Waals surface area contributed by atoms with E-state index in [1.165, 1.54) is 6.20 Å². The molecule has 8 heteroatoms. The Morgan fingerprint density at radius 2 is 1.67 bits per heavy atom. The van der Waals surface area contributed by atoms with Crippen LogP contribution in [0.5, 0.6) is 5.75 Å². The standard InChI is InChI=1S/C31H29N5O3/c1-20-28(30(38)35-24-8-10-27(11-9-24)39-19-25-7-5-6-12-33-25)16-26(18-34-20)36-29(37)22-13-21(17-32)14-23(15-22)31(2,3)4/h5-16,18H,19H2,1-4H3,(H,35,38)(H,36,37). The lowest BCUT2D eigenvalue weighted by Crippen LogP contribution is -2.18. The van der Waals surface area contributed by atoms with E-state index in [-0.39, 0.29) is 11.3 Å². The Hall–Kier alpha value is -5.03. The minimum Gasteiger partial charge on any atom is -0.487 e. The van der Waals surface area contributed by atoms with Crippen molar-refractivity contribution in [2.24, 2.45) is 0 Å². The number of aromatic nitrogens is 2. The van der Waals surface area contributed by atoms with E-state index in [4.69, 9.17) is 4.74 Å². The molecule has 2 aromatic carbocycles. The number of aryl methyl sites for hydroxylation is 1. The topological polar surface area (TPSA) is 117 Å². The van der Waals surface area contributed by atoms with Gasteiger partial charge in [0.25, 0.3) is 11.8 Å². The summed E-state index contributed by atoms with van der Waals surface area (Å²) in [4.78, 5) is 34.6.